The molecule has 2 aromatic carbocycles. The molecular formula is C36H54BNO5S. The van der Waals surface area contributed by atoms with E-state index in [1.54, 1.807) is 4.90 Å². The molecule has 0 radical (unpaired) electrons. The summed E-state index contributed by atoms with van der Waals surface area (Å²) in [5.74, 6) is 0.425. The van der Waals surface area contributed by atoms with E-state index in [0.29, 0.717) is 12.2 Å². The summed E-state index contributed by atoms with van der Waals surface area (Å²) in [7, 11) is -2.74. The number of allylic oxidation sites excluding steroid dienone is 1. The summed E-state index contributed by atoms with van der Waals surface area (Å²) < 4.78 is 26.3. The number of nitrogens with zero attached hydrogens (tertiary/aromatic N) is 1. The minimum atomic E-state index is -2.04. The molecule has 2 atom stereocenters. The summed E-state index contributed by atoms with van der Waals surface area (Å²) in [6, 6.07) is 20.8. The predicted molar refractivity (Wildman–Crippen MR) is 182 cm³/mol. The molecule has 1 saturated heterocycles. The highest BCUT2D eigenvalue weighted by atomic mass is 32.3. The van der Waals surface area contributed by atoms with Gasteiger partial charge in [0.05, 0.1) is 29.4 Å². The number of hydrogen-bond donors (Lipinski definition) is 0. The first kappa shape index (κ1) is 34.6. The van der Waals surface area contributed by atoms with Gasteiger partial charge in [-0.25, -0.2) is 4.79 Å². The van der Waals surface area contributed by atoms with Crippen LogP contribution in [-0.2, 0) is 18.2 Å². The smallest absolute Gasteiger partial charge is 0.443 e. The van der Waals surface area contributed by atoms with Gasteiger partial charge in [-0.1, -0.05) is 66.6 Å². The number of amides is 1. The first-order chi connectivity index (χ1) is 20.3. The lowest BCUT2D eigenvalue weighted by Gasteiger charge is -2.52. The predicted octanol–water partition coefficient (Wildman–Crippen LogP) is 9.44. The Bertz CT molecular complexity index is 1260. The number of ether oxygens (including phenoxy) is 1. The first-order valence-corrected chi connectivity index (χ1v) is 17.5. The van der Waals surface area contributed by atoms with Crippen LogP contribution in [-0.4, -0.2) is 52.3 Å². The van der Waals surface area contributed by atoms with Gasteiger partial charge < -0.3 is 18.2 Å². The molecule has 2 aliphatic rings. The molecule has 0 aliphatic carbocycles. The van der Waals surface area contributed by atoms with Crippen molar-refractivity contribution in [2.45, 2.75) is 127 Å². The third kappa shape index (κ3) is 6.79. The second-order valence-corrected chi connectivity index (χ2v) is 18.9. The van der Waals surface area contributed by atoms with Crippen molar-refractivity contribution in [3.05, 3.63) is 72.3 Å². The van der Waals surface area contributed by atoms with Crippen molar-refractivity contribution in [3.63, 3.8) is 0 Å². The van der Waals surface area contributed by atoms with Gasteiger partial charge in [-0.15, -0.1) is 0 Å². The Labute approximate surface area is 268 Å². The second kappa shape index (κ2) is 12.5. The molecule has 2 heterocycles. The van der Waals surface area contributed by atoms with Crippen LogP contribution >= 0.6 is 10.3 Å². The number of carbonyl (C=O) groups is 1. The normalized spacial score (nSPS) is 22.6. The van der Waals surface area contributed by atoms with Crippen LogP contribution in [0.15, 0.2) is 82.1 Å². The van der Waals surface area contributed by atoms with Crippen molar-refractivity contribution in [3.8, 4) is 0 Å². The molecule has 0 N–H and O–H groups in total. The third-order valence-corrected chi connectivity index (χ3v) is 13.2. The van der Waals surface area contributed by atoms with Crippen molar-refractivity contribution >= 4 is 23.5 Å². The maximum absolute atomic E-state index is 14.2. The summed E-state index contributed by atoms with van der Waals surface area (Å²) in [4.78, 5) is 18.4. The number of hydrogen-bond acceptors (Lipinski definition) is 5. The van der Waals surface area contributed by atoms with Gasteiger partial charge in [0.2, 0.25) is 0 Å². The molecule has 1 amide bonds. The fourth-order valence-electron chi connectivity index (χ4n) is 6.09. The summed E-state index contributed by atoms with van der Waals surface area (Å²) in [5.41, 5.74) is -1.08. The SMILES string of the molecule is CC(C)C1CC=C(B2OC(C)(C)C(C)(C)O2)N(C(=O)OC(C)(C)C)C1COS(c1ccccc1)(c1ccccc1)C(C)(C)C. The highest BCUT2D eigenvalue weighted by Gasteiger charge is 2.56. The minimum absolute atomic E-state index is 0.136. The number of rotatable bonds is 7. The molecule has 0 saturated carbocycles. The van der Waals surface area contributed by atoms with E-state index < -0.39 is 40.3 Å². The Hall–Kier alpha value is -2.26. The van der Waals surface area contributed by atoms with Crippen LogP contribution < -0.4 is 0 Å². The summed E-state index contributed by atoms with van der Waals surface area (Å²) in [6.07, 6.45) is 2.48. The van der Waals surface area contributed by atoms with Crippen molar-refractivity contribution < 1.29 is 23.0 Å². The van der Waals surface area contributed by atoms with Gasteiger partial charge in [-0.05, 0) is 112 Å². The molecular weight excluding hydrogens is 569 g/mol. The van der Waals surface area contributed by atoms with E-state index in [4.69, 9.17) is 18.2 Å². The van der Waals surface area contributed by atoms with Crippen LogP contribution in [0.1, 0.15) is 89.5 Å². The lowest BCUT2D eigenvalue weighted by atomic mass is 9.74. The molecule has 4 rings (SSSR count). The zero-order valence-electron chi connectivity index (χ0n) is 29.0. The van der Waals surface area contributed by atoms with E-state index in [1.807, 2.05) is 60.6 Å². The Morgan fingerprint density at radius 1 is 0.909 bits per heavy atom. The van der Waals surface area contributed by atoms with Crippen LogP contribution in [0.5, 0.6) is 0 Å². The summed E-state index contributed by atoms with van der Waals surface area (Å²) >= 11 is 0. The molecule has 8 heteroatoms. The van der Waals surface area contributed by atoms with E-state index in [9.17, 15) is 4.79 Å². The van der Waals surface area contributed by atoms with Gasteiger partial charge in [0.25, 0.3) is 0 Å². The molecule has 2 aromatic rings. The zero-order valence-corrected chi connectivity index (χ0v) is 29.8. The van der Waals surface area contributed by atoms with Gasteiger partial charge in [-0.2, -0.15) is 0 Å². The zero-order chi connectivity index (χ0) is 32.7. The minimum Gasteiger partial charge on any atom is -0.443 e. The van der Waals surface area contributed by atoms with Gasteiger partial charge >= 0.3 is 13.2 Å². The summed E-state index contributed by atoms with van der Waals surface area (Å²) in [6.45, 7) is 25.4. The van der Waals surface area contributed by atoms with Crippen LogP contribution in [0.25, 0.3) is 0 Å². The maximum atomic E-state index is 14.2. The molecule has 6 nitrogen and oxygen atoms in total. The number of benzene rings is 2. The number of carbonyl (C=O) groups excluding carboxylic acids is 1. The van der Waals surface area contributed by atoms with Gasteiger partial charge in [-0.3, -0.25) is 4.90 Å². The van der Waals surface area contributed by atoms with Gasteiger partial charge in [0, 0.05) is 14.5 Å². The quantitative estimate of drug-likeness (QED) is 0.288. The van der Waals surface area contributed by atoms with E-state index in [1.165, 1.54) is 0 Å². The average Bonchev–Trinajstić information content (AvgIpc) is 3.14. The van der Waals surface area contributed by atoms with Gasteiger partial charge in [0.15, 0.2) is 0 Å². The van der Waals surface area contributed by atoms with Crippen LogP contribution in [0, 0.1) is 11.8 Å². The summed E-state index contributed by atoms with van der Waals surface area (Å²) in [5, 5.41) is 0. The van der Waals surface area contributed by atoms with Crippen LogP contribution in [0.2, 0.25) is 0 Å². The van der Waals surface area contributed by atoms with Crippen LogP contribution in [0.3, 0.4) is 0 Å². The van der Waals surface area contributed by atoms with E-state index in [2.05, 4.69) is 89.2 Å². The Kier molecular flexibility index (Phi) is 9.84. The van der Waals surface area contributed by atoms with Crippen molar-refractivity contribution in [2.75, 3.05) is 6.61 Å². The second-order valence-electron chi connectivity index (χ2n) is 15.4. The van der Waals surface area contributed by atoms with Crippen molar-refractivity contribution in [1.82, 2.24) is 4.90 Å². The Morgan fingerprint density at radius 3 is 1.80 bits per heavy atom. The molecule has 2 aliphatic heterocycles. The molecule has 0 aromatic heterocycles. The fourth-order valence-corrected chi connectivity index (χ4v) is 9.82. The van der Waals surface area contributed by atoms with Crippen LogP contribution in [0.4, 0.5) is 4.79 Å². The monoisotopic (exact) mass is 623 g/mol. The topological polar surface area (TPSA) is 57.2 Å². The van der Waals surface area contributed by atoms with E-state index in [-0.39, 0.29) is 22.6 Å². The molecule has 0 spiro atoms. The molecule has 0 bridgehead atoms. The third-order valence-electron chi connectivity index (χ3n) is 9.07. The standard InChI is InChI=1S/C36H54BNO5S/c1-26(2)29-23-24-31(37-42-35(9,10)36(11,12)43-37)38(32(39)41-33(3,4)5)30(29)25-40-44(34(6,7)8,27-19-15-13-16-20-27)28-21-17-14-18-22-28/h13-22,24,26,29-30H,23,25H2,1-12H3. The first-order valence-electron chi connectivity index (χ1n) is 16.0. The van der Waals surface area contributed by atoms with Crippen molar-refractivity contribution in [2.24, 2.45) is 11.8 Å². The highest BCUT2D eigenvalue weighted by molar-refractivity contribution is 8.31. The van der Waals surface area contributed by atoms with Gasteiger partial charge in [0.1, 0.15) is 5.60 Å². The molecule has 2 unspecified atom stereocenters. The van der Waals surface area contributed by atoms with E-state index >= 15 is 0 Å². The lowest BCUT2D eigenvalue weighted by Crippen LogP contribution is -2.55. The average molecular weight is 624 g/mol. The molecule has 242 valence electrons. The Morgan fingerprint density at radius 2 is 1.39 bits per heavy atom. The Balaban J connectivity index is 1.84. The van der Waals surface area contributed by atoms with E-state index in [0.717, 1.165) is 16.2 Å². The lowest BCUT2D eigenvalue weighted by molar-refractivity contribution is 0.00578. The molecule has 1 fully saturated rings. The largest absolute Gasteiger partial charge is 0.512 e. The molecule has 44 heavy (non-hydrogen) atoms. The highest BCUT2D eigenvalue weighted by Crippen LogP contribution is 2.71. The van der Waals surface area contributed by atoms with Crippen molar-refractivity contribution in [1.29, 1.82) is 0 Å². The fraction of sp³-hybridized carbons (Fsp3) is 0.583. The maximum Gasteiger partial charge on any atom is 0.512 e.